The third kappa shape index (κ3) is 3.63. The molecule has 1 aromatic rings. The fraction of sp³-hybridized carbons (Fsp3) is 0.600. The largest absolute Gasteiger partial charge is 0.389 e. The highest BCUT2D eigenvalue weighted by molar-refractivity contribution is 7.89. The highest BCUT2D eigenvalue weighted by Gasteiger charge is 2.30. The minimum absolute atomic E-state index is 0.0430. The first kappa shape index (κ1) is 16.4. The fourth-order valence-electron chi connectivity index (χ4n) is 2.66. The molecule has 0 spiro atoms. The van der Waals surface area contributed by atoms with E-state index in [4.69, 9.17) is 0 Å². The Morgan fingerprint density at radius 2 is 1.95 bits per heavy atom. The van der Waals surface area contributed by atoms with E-state index in [1.54, 1.807) is 38.2 Å². The second-order valence-electron chi connectivity index (χ2n) is 5.80. The predicted octanol–water partition coefficient (Wildman–Crippen LogP) is 1.45. The van der Waals surface area contributed by atoms with E-state index in [0.29, 0.717) is 5.56 Å². The van der Waals surface area contributed by atoms with Gasteiger partial charge in [-0.1, -0.05) is 12.1 Å². The van der Waals surface area contributed by atoms with Gasteiger partial charge in [0, 0.05) is 13.1 Å². The molecule has 1 aliphatic rings. The van der Waals surface area contributed by atoms with Crippen LogP contribution >= 0.6 is 0 Å². The zero-order chi connectivity index (χ0) is 15.6. The van der Waals surface area contributed by atoms with Gasteiger partial charge in [-0.15, -0.1) is 0 Å². The molecule has 1 N–H and O–H groups in total. The molecule has 0 aromatic heterocycles. The Hall–Kier alpha value is -0.950. The van der Waals surface area contributed by atoms with Crippen molar-refractivity contribution in [1.82, 2.24) is 9.21 Å². The van der Waals surface area contributed by atoms with Crippen molar-refractivity contribution in [2.24, 2.45) is 0 Å². The van der Waals surface area contributed by atoms with Crippen LogP contribution in [-0.2, 0) is 10.0 Å². The summed E-state index contributed by atoms with van der Waals surface area (Å²) < 4.78 is 26.9. The quantitative estimate of drug-likeness (QED) is 0.914. The van der Waals surface area contributed by atoms with Crippen LogP contribution in [0.1, 0.15) is 31.4 Å². The van der Waals surface area contributed by atoms with Crippen LogP contribution < -0.4 is 0 Å². The average molecular weight is 312 g/mol. The van der Waals surface area contributed by atoms with Crippen molar-refractivity contribution in [2.45, 2.75) is 36.8 Å². The number of hydrogen-bond donors (Lipinski definition) is 1. The molecule has 0 radical (unpaired) electrons. The molecule has 1 aliphatic heterocycles. The van der Waals surface area contributed by atoms with Gasteiger partial charge in [0.15, 0.2) is 0 Å². The topological polar surface area (TPSA) is 60.9 Å². The zero-order valence-electron chi connectivity index (χ0n) is 12.9. The predicted molar refractivity (Wildman–Crippen MR) is 82.5 cm³/mol. The lowest BCUT2D eigenvalue weighted by Crippen LogP contribution is -2.44. The lowest BCUT2D eigenvalue weighted by Gasteiger charge is -2.34. The van der Waals surface area contributed by atoms with E-state index in [-0.39, 0.29) is 10.9 Å². The highest BCUT2D eigenvalue weighted by atomic mass is 32.2. The van der Waals surface area contributed by atoms with Crippen LogP contribution in [0.25, 0.3) is 0 Å². The number of benzene rings is 1. The molecule has 2 rings (SSSR count). The van der Waals surface area contributed by atoms with E-state index in [9.17, 15) is 13.5 Å². The minimum atomic E-state index is -3.51. The maximum absolute atomic E-state index is 12.7. The number of nitrogens with zero attached hydrogens (tertiary/aromatic N) is 2. The summed E-state index contributed by atoms with van der Waals surface area (Å²) in [4.78, 5) is 2.47. The summed E-state index contributed by atoms with van der Waals surface area (Å²) in [5.74, 6) is 0. The molecule has 1 aromatic carbocycles. The maximum atomic E-state index is 12.7. The van der Waals surface area contributed by atoms with Crippen LogP contribution in [0.4, 0.5) is 0 Å². The molecular weight excluding hydrogens is 288 g/mol. The summed E-state index contributed by atoms with van der Waals surface area (Å²) in [6.07, 6.45) is 1.03. The van der Waals surface area contributed by atoms with E-state index in [2.05, 4.69) is 11.9 Å². The van der Waals surface area contributed by atoms with Crippen LogP contribution in [0.5, 0.6) is 0 Å². The Morgan fingerprint density at radius 3 is 2.52 bits per heavy atom. The molecule has 6 heteroatoms. The van der Waals surface area contributed by atoms with Crippen LogP contribution in [0, 0.1) is 0 Å². The summed E-state index contributed by atoms with van der Waals surface area (Å²) in [6.45, 7) is 3.46. The van der Waals surface area contributed by atoms with Crippen molar-refractivity contribution in [1.29, 1.82) is 0 Å². The van der Waals surface area contributed by atoms with E-state index in [0.717, 1.165) is 25.9 Å². The van der Waals surface area contributed by atoms with Gasteiger partial charge in [0.2, 0.25) is 10.0 Å². The number of aliphatic hydroxyl groups excluding tert-OH is 1. The first-order valence-electron chi connectivity index (χ1n) is 7.27. The van der Waals surface area contributed by atoms with Crippen LogP contribution in [0.2, 0.25) is 0 Å². The van der Waals surface area contributed by atoms with Crippen LogP contribution in [-0.4, -0.2) is 56.0 Å². The SMILES string of the molecule is CC(O)c1cccc(S(=O)(=O)N(C)C2CCN(C)CC2)c1. The lowest BCUT2D eigenvalue weighted by molar-refractivity contribution is 0.197. The number of piperidine rings is 1. The number of aliphatic hydroxyl groups is 1. The van der Waals surface area contributed by atoms with Crippen LogP contribution in [0.3, 0.4) is 0 Å². The Kier molecular flexibility index (Phi) is 5.03. The standard InChI is InChI=1S/C15H24N2O3S/c1-12(18)13-5-4-6-15(11-13)21(19,20)17(3)14-7-9-16(2)10-8-14/h4-6,11-12,14,18H,7-10H2,1-3H3. The Bertz CT molecular complexity index is 578. The monoisotopic (exact) mass is 312 g/mol. The number of sulfonamides is 1. The molecule has 0 aliphatic carbocycles. The van der Waals surface area contributed by atoms with Crippen molar-refractivity contribution in [3.63, 3.8) is 0 Å². The summed E-state index contributed by atoms with van der Waals surface area (Å²) >= 11 is 0. The summed E-state index contributed by atoms with van der Waals surface area (Å²) in [7, 11) is 0.197. The van der Waals surface area contributed by atoms with Crippen molar-refractivity contribution in [2.75, 3.05) is 27.2 Å². The Morgan fingerprint density at radius 1 is 1.33 bits per heavy atom. The van der Waals surface area contributed by atoms with E-state index < -0.39 is 16.1 Å². The molecule has 0 bridgehead atoms. The number of rotatable bonds is 4. The highest BCUT2D eigenvalue weighted by Crippen LogP contribution is 2.24. The lowest BCUT2D eigenvalue weighted by atomic mass is 10.1. The van der Waals surface area contributed by atoms with Crippen LogP contribution in [0.15, 0.2) is 29.2 Å². The van der Waals surface area contributed by atoms with E-state index in [1.165, 1.54) is 4.31 Å². The minimum Gasteiger partial charge on any atom is -0.389 e. The molecule has 5 nitrogen and oxygen atoms in total. The second-order valence-corrected chi connectivity index (χ2v) is 7.80. The van der Waals surface area contributed by atoms with Gasteiger partial charge in [-0.3, -0.25) is 0 Å². The first-order chi connectivity index (χ1) is 9.82. The third-order valence-corrected chi connectivity index (χ3v) is 6.13. The zero-order valence-corrected chi connectivity index (χ0v) is 13.7. The average Bonchev–Trinajstić information content (AvgIpc) is 2.47. The molecule has 1 heterocycles. The summed E-state index contributed by atoms with van der Waals surface area (Å²) in [5.41, 5.74) is 0.618. The normalized spacial score (nSPS) is 19.9. The molecule has 0 saturated carbocycles. The maximum Gasteiger partial charge on any atom is 0.243 e. The Balaban J connectivity index is 2.23. The number of hydrogen-bond acceptors (Lipinski definition) is 4. The van der Waals surface area contributed by atoms with Gasteiger partial charge in [0.05, 0.1) is 11.0 Å². The van der Waals surface area contributed by atoms with Gasteiger partial charge in [-0.05, 0) is 57.6 Å². The number of likely N-dealkylation sites (tertiary alicyclic amines) is 1. The van der Waals surface area contributed by atoms with Crippen molar-refractivity contribution in [3.05, 3.63) is 29.8 Å². The molecule has 1 fully saturated rings. The second kappa shape index (κ2) is 6.44. The van der Waals surface area contributed by atoms with Crippen molar-refractivity contribution >= 4 is 10.0 Å². The molecule has 1 unspecified atom stereocenters. The van der Waals surface area contributed by atoms with Gasteiger partial charge >= 0.3 is 0 Å². The van der Waals surface area contributed by atoms with Gasteiger partial charge in [-0.2, -0.15) is 4.31 Å². The van der Waals surface area contributed by atoms with Gasteiger partial charge < -0.3 is 10.0 Å². The smallest absolute Gasteiger partial charge is 0.243 e. The van der Waals surface area contributed by atoms with Gasteiger partial charge in [0.1, 0.15) is 0 Å². The van der Waals surface area contributed by atoms with Gasteiger partial charge in [-0.25, -0.2) is 8.42 Å². The molecule has 0 amide bonds. The van der Waals surface area contributed by atoms with E-state index >= 15 is 0 Å². The van der Waals surface area contributed by atoms with Crippen molar-refractivity contribution in [3.8, 4) is 0 Å². The molecule has 1 saturated heterocycles. The molecular formula is C15H24N2O3S. The molecule has 21 heavy (non-hydrogen) atoms. The third-order valence-electron chi connectivity index (χ3n) is 4.22. The summed E-state index contributed by atoms with van der Waals surface area (Å²) in [6, 6.07) is 6.61. The molecule has 118 valence electrons. The van der Waals surface area contributed by atoms with Gasteiger partial charge in [0.25, 0.3) is 0 Å². The fourth-order valence-corrected chi connectivity index (χ4v) is 4.13. The molecule has 1 atom stereocenters. The van der Waals surface area contributed by atoms with Crippen molar-refractivity contribution < 1.29 is 13.5 Å². The Labute approximate surface area is 127 Å². The van der Waals surface area contributed by atoms with E-state index in [1.807, 2.05) is 0 Å². The first-order valence-corrected chi connectivity index (χ1v) is 8.71. The summed E-state index contributed by atoms with van der Waals surface area (Å²) in [5, 5.41) is 9.62.